The quantitative estimate of drug-likeness (QED) is 0.834. The standard InChI is InChI=1S/C13H15FN4O/c1-8(2)18-12(5-6-16-18)17-13(19)10-4-3-9(15)7-11(10)14/h3-8H,15H2,1-2H3,(H,17,19). The van der Waals surface area contributed by atoms with E-state index in [-0.39, 0.29) is 17.3 Å². The van der Waals surface area contributed by atoms with Gasteiger partial charge in [0, 0.05) is 17.8 Å². The Labute approximate surface area is 110 Å². The van der Waals surface area contributed by atoms with Crippen molar-refractivity contribution in [1.29, 1.82) is 0 Å². The Balaban J connectivity index is 2.23. The zero-order valence-corrected chi connectivity index (χ0v) is 10.7. The number of nitrogen functional groups attached to an aromatic ring is 1. The molecule has 0 unspecified atom stereocenters. The van der Waals surface area contributed by atoms with E-state index in [1.165, 1.54) is 12.1 Å². The Morgan fingerprint density at radius 3 is 2.79 bits per heavy atom. The smallest absolute Gasteiger partial charge is 0.259 e. The Hall–Kier alpha value is -2.37. The molecule has 0 spiro atoms. The number of nitrogens with zero attached hydrogens (tertiary/aromatic N) is 2. The molecule has 5 nitrogen and oxygen atoms in total. The third kappa shape index (κ3) is 2.73. The van der Waals surface area contributed by atoms with Gasteiger partial charge in [-0.25, -0.2) is 9.07 Å². The first-order valence-corrected chi connectivity index (χ1v) is 5.89. The number of hydrogen-bond acceptors (Lipinski definition) is 3. The van der Waals surface area contributed by atoms with Gasteiger partial charge in [0.15, 0.2) is 0 Å². The number of anilines is 2. The molecule has 0 aliphatic carbocycles. The Bertz CT molecular complexity index is 606. The summed E-state index contributed by atoms with van der Waals surface area (Å²) in [6.07, 6.45) is 1.58. The summed E-state index contributed by atoms with van der Waals surface area (Å²) in [5.74, 6) is -0.649. The van der Waals surface area contributed by atoms with Crippen molar-refractivity contribution in [1.82, 2.24) is 9.78 Å². The number of carbonyl (C=O) groups excluding carboxylic acids is 1. The van der Waals surface area contributed by atoms with Crippen molar-refractivity contribution in [2.45, 2.75) is 19.9 Å². The van der Waals surface area contributed by atoms with E-state index in [2.05, 4.69) is 10.4 Å². The summed E-state index contributed by atoms with van der Waals surface area (Å²) in [7, 11) is 0. The number of amides is 1. The van der Waals surface area contributed by atoms with Crippen LogP contribution in [0.15, 0.2) is 30.5 Å². The number of aromatic nitrogens is 2. The van der Waals surface area contributed by atoms with Crippen molar-refractivity contribution in [3.8, 4) is 0 Å². The molecule has 0 bridgehead atoms. The molecule has 19 heavy (non-hydrogen) atoms. The second-order valence-electron chi connectivity index (χ2n) is 4.45. The summed E-state index contributed by atoms with van der Waals surface area (Å²) in [5.41, 5.74) is 5.67. The van der Waals surface area contributed by atoms with Crippen LogP contribution >= 0.6 is 0 Å². The Morgan fingerprint density at radius 2 is 2.16 bits per heavy atom. The predicted octanol–water partition coefficient (Wildman–Crippen LogP) is 2.44. The number of rotatable bonds is 3. The lowest BCUT2D eigenvalue weighted by molar-refractivity contribution is 0.102. The molecule has 1 amide bonds. The molecule has 0 radical (unpaired) electrons. The van der Waals surface area contributed by atoms with Gasteiger partial charge in [-0.15, -0.1) is 0 Å². The minimum atomic E-state index is -0.645. The van der Waals surface area contributed by atoms with Crippen molar-refractivity contribution in [2.75, 3.05) is 11.1 Å². The average Bonchev–Trinajstić information content (AvgIpc) is 2.76. The van der Waals surface area contributed by atoms with Gasteiger partial charge in [-0.3, -0.25) is 4.79 Å². The maximum Gasteiger partial charge on any atom is 0.259 e. The van der Waals surface area contributed by atoms with Gasteiger partial charge >= 0.3 is 0 Å². The fourth-order valence-corrected chi connectivity index (χ4v) is 1.72. The average molecular weight is 262 g/mol. The second-order valence-corrected chi connectivity index (χ2v) is 4.45. The van der Waals surface area contributed by atoms with Crippen LogP contribution in [0.5, 0.6) is 0 Å². The number of benzene rings is 1. The van der Waals surface area contributed by atoms with E-state index >= 15 is 0 Å². The first-order chi connectivity index (χ1) is 8.99. The Morgan fingerprint density at radius 1 is 1.42 bits per heavy atom. The monoisotopic (exact) mass is 262 g/mol. The van der Waals surface area contributed by atoms with E-state index in [1.807, 2.05) is 13.8 Å². The van der Waals surface area contributed by atoms with Crippen molar-refractivity contribution >= 4 is 17.4 Å². The molecule has 0 fully saturated rings. The van der Waals surface area contributed by atoms with E-state index < -0.39 is 11.7 Å². The first kappa shape index (κ1) is 13.1. The molecule has 1 aromatic heterocycles. The summed E-state index contributed by atoms with van der Waals surface area (Å²) < 4.78 is 15.3. The number of carbonyl (C=O) groups is 1. The molecule has 1 heterocycles. The summed E-state index contributed by atoms with van der Waals surface area (Å²) in [5, 5.41) is 6.72. The molecule has 3 N–H and O–H groups in total. The maximum absolute atomic E-state index is 13.6. The van der Waals surface area contributed by atoms with E-state index in [0.717, 1.165) is 6.07 Å². The van der Waals surface area contributed by atoms with Crippen molar-refractivity contribution in [3.63, 3.8) is 0 Å². The predicted molar refractivity (Wildman–Crippen MR) is 71.4 cm³/mol. The summed E-state index contributed by atoms with van der Waals surface area (Å²) in [6.45, 7) is 3.87. The maximum atomic E-state index is 13.6. The molecule has 0 aliphatic rings. The zero-order chi connectivity index (χ0) is 14.0. The SMILES string of the molecule is CC(C)n1nccc1NC(=O)c1ccc(N)cc1F. The van der Waals surface area contributed by atoms with Crippen LogP contribution in [0, 0.1) is 5.82 Å². The topological polar surface area (TPSA) is 72.9 Å². The highest BCUT2D eigenvalue weighted by molar-refractivity contribution is 6.04. The van der Waals surface area contributed by atoms with E-state index in [9.17, 15) is 9.18 Å². The van der Waals surface area contributed by atoms with Crippen LogP contribution in [0.1, 0.15) is 30.2 Å². The van der Waals surface area contributed by atoms with Gasteiger partial charge in [-0.1, -0.05) is 0 Å². The van der Waals surface area contributed by atoms with Gasteiger partial charge in [-0.05, 0) is 32.0 Å². The van der Waals surface area contributed by atoms with Crippen LogP contribution in [0.3, 0.4) is 0 Å². The summed E-state index contributed by atoms with van der Waals surface area (Å²) >= 11 is 0. The molecule has 0 aliphatic heterocycles. The van der Waals surface area contributed by atoms with Crippen LogP contribution < -0.4 is 11.1 Å². The van der Waals surface area contributed by atoms with Crippen LogP contribution in [0.2, 0.25) is 0 Å². The van der Waals surface area contributed by atoms with Gasteiger partial charge in [0.05, 0.1) is 11.8 Å². The van der Waals surface area contributed by atoms with Gasteiger partial charge in [0.2, 0.25) is 0 Å². The van der Waals surface area contributed by atoms with E-state index in [0.29, 0.717) is 5.82 Å². The van der Waals surface area contributed by atoms with Crippen molar-refractivity contribution < 1.29 is 9.18 Å². The summed E-state index contributed by atoms with van der Waals surface area (Å²) in [4.78, 5) is 12.0. The van der Waals surface area contributed by atoms with Gasteiger partial charge in [-0.2, -0.15) is 5.10 Å². The number of nitrogens with two attached hydrogens (primary N) is 1. The molecule has 2 aromatic rings. The highest BCUT2D eigenvalue weighted by Gasteiger charge is 2.14. The van der Waals surface area contributed by atoms with Crippen LogP contribution in [-0.2, 0) is 0 Å². The van der Waals surface area contributed by atoms with Crippen molar-refractivity contribution in [3.05, 3.63) is 41.8 Å². The number of nitrogens with one attached hydrogen (secondary N) is 1. The zero-order valence-electron chi connectivity index (χ0n) is 10.7. The van der Waals surface area contributed by atoms with E-state index in [4.69, 9.17) is 5.73 Å². The normalized spacial score (nSPS) is 10.7. The third-order valence-corrected chi connectivity index (χ3v) is 2.64. The molecule has 0 atom stereocenters. The highest BCUT2D eigenvalue weighted by atomic mass is 19.1. The van der Waals surface area contributed by atoms with Crippen LogP contribution in [0.25, 0.3) is 0 Å². The summed E-state index contributed by atoms with van der Waals surface area (Å²) in [6, 6.07) is 5.72. The minimum Gasteiger partial charge on any atom is -0.399 e. The molecule has 6 heteroatoms. The molecule has 0 saturated heterocycles. The van der Waals surface area contributed by atoms with E-state index in [1.54, 1.807) is 16.9 Å². The second kappa shape index (κ2) is 5.09. The molecule has 1 aromatic carbocycles. The number of hydrogen-bond donors (Lipinski definition) is 2. The lowest BCUT2D eigenvalue weighted by atomic mass is 10.2. The highest BCUT2D eigenvalue weighted by Crippen LogP contribution is 2.16. The molecule has 2 rings (SSSR count). The molecule has 100 valence electrons. The lowest BCUT2D eigenvalue weighted by Gasteiger charge is -2.12. The molecular formula is C13H15FN4O. The van der Waals surface area contributed by atoms with Crippen molar-refractivity contribution in [2.24, 2.45) is 0 Å². The van der Waals surface area contributed by atoms with Crippen LogP contribution in [-0.4, -0.2) is 15.7 Å². The number of halogens is 1. The van der Waals surface area contributed by atoms with Gasteiger partial charge in [0.1, 0.15) is 11.6 Å². The fourth-order valence-electron chi connectivity index (χ4n) is 1.72. The lowest BCUT2D eigenvalue weighted by Crippen LogP contribution is -2.18. The first-order valence-electron chi connectivity index (χ1n) is 5.89. The van der Waals surface area contributed by atoms with Crippen LogP contribution in [0.4, 0.5) is 15.9 Å². The largest absolute Gasteiger partial charge is 0.399 e. The minimum absolute atomic E-state index is 0.0503. The van der Waals surface area contributed by atoms with Gasteiger partial charge in [0.25, 0.3) is 5.91 Å². The molecular weight excluding hydrogens is 247 g/mol. The fraction of sp³-hybridized carbons (Fsp3) is 0.231. The third-order valence-electron chi connectivity index (χ3n) is 2.64. The Kier molecular flexibility index (Phi) is 3.50. The molecule has 0 saturated carbocycles. The van der Waals surface area contributed by atoms with Gasteiger partial charge < -0.3 is 11.1 Å².